The highest BCUT2D eigenvalue weighted by Crippen LogP contribution is 2.20. The lowest BCUT2D eigenvalue weighted by Gasteiger charge is -2.20. The summed E-state index contributed by atoms with van der Waals surface area (Å²) in [6.45, 7) is 4.95. The number of aliphatic hydroxyl groups is 2. The summed E-state index contributed by atoms with van der Waals surface area (Å²) in [4.78, 5) is 24.6. The Morgan fingerprint density at radius 1 is 0.314 bits per heavy atom. The first-order valence-electron chi connectivity index (χ1n) is 39.6. The minimum Gasteiger partial charge on any atom is -0.466 e. The standard InChI is InChI=1S/C80H155NO5/c1-3-5-7-9-11-13-15-17-19-46-50-54-58-62-66-70-74-80(85)86-75-71-67-63-59-55-51-47-44-42-40-38-36-34-32-30-28-26-24-22-20-21-23-25-27-29-31-33-35-37-39-41-43-45-49-53-57-61-65-69-73-79(84)81-77(76-82)78(83)72-68-64-60-56-52-48-18-16-14-12-10-8-6-4-2/h20-21,68,72,77-78,82-83H,3-19,22-67,69-71,73-76H2,1-2H3,(H,81,84)/b21-20-,72-68+. The number of nitrogens with one attached hydrogen (secondary N) is 1. The van der Waals surface area contributed by atoms with Gasteiger partial charge in [-0.05, 0) is 57.8 Å². The van der Waals surface area contributed by atoms with E-state index in [-0.39, 0.29) is 18.5 Å². The van der Waals surface area contributed by atoms with Gasteiger partial charge in [-0.25, -0.2) is 0 Å². The number of hydrogen-bond acceptors (Lipinski definition) is 5. The Morgan fingerprint density at radius 2 is 0.547 bits per heavy atom. The van der Waals surface area contributed by atoms with E-state index in [1.54, 1.807) is 6.08 Å². The van der Waals surface area contributed by atoms with Crippen LogP contribution in [0.3, 0.4) is 0 Å². The van der Waals surface area contributed by atoms with Gasteiger partial charge in [-0.15, -0.1) is 0 Å². The summed E-state index contributed by atoms with van der Waals surface area (Å²) >= 11 is 0. The molecule has 2 unspecified atom stereocenters. The Labute approximate surface area is 539 Å². The molecule has 510 valence electrons. The van der Waals surface area contributed by atoms with Gasteiger partial charge >= 0.3 is 5.97 Å². The summed E-state index contributed by atoms with van der Waals surface area (Å²) < 4.78 is 5.51. The molecule has 0 spiro atoms. The van der Waals surface area contributed by atoms with Crippen LogP contribution in [-0.2, 0) is 14.3 Å². The van der Waals surface area contributed by atoms with Crippen LogP contribution in [0.1, 0.15) is 450 Å². The zero-order valence-electron chi connectivity index (χ0n) is 58.6. The van der Waals surface area contributed by atoms with Crippen molar-refractivity contribution in [2.24, 2.45) is 0 Å². The molecular formula is C80H155NO5. The first-order valence-corrected chi connectivity index (χ1v) is 39.6. The van der Waals surface area contributed by atoms with Crippen molar-refractivity contribution in [2.75, 3.05) is 13.2 Å². The number of carbonyl (C=O) groups is 2. The van der Waals surface area contributed by atoms with Crippen molar-refractivity contribution < 1.29 is 24.5 Å². The Morgan fingerprint density at radius 3 is 0.826 bits per heavy atom. The molecule has 0 aliphatic heterocycles. The molecule has 86 heavy (non-hydrogen) atoms. The summed E-state index contributed by atoms with van der Waals surface area (Å²) in [6.07, 6.45) is 97.4. The van der Waals surface area contributed by atoms with Crippen LogP contribution in [0.2, 0.25) is 0 Å². The van der Waals surface area contributed by atoms with Gasteiger partial charge in [-0.1, -0.05) is 404 Å². The van der Waals surface area contributed by atoms with E-state index in [1.807, 2.05) is 6.08 Å². The van der Waals surface area contributed by atoms with Crippen LogP contribution in [0.15, 0.2) is 24.3 Å². The van der Waals surface area contributed by atoms with E-state index >= 15 is 0 Å². The monoisotopic (exact) mass is 1210 g/mol. The molecule has 0 aliphatic rings. The molecule has 0 aromatic carbocycles. The number of aliphatic hydroxyl groups excluding tert-OH is 2. The van der Waals surface area contributed by atoms with Crippen LogP contribution >= 0.6 is 0 Å². The highest BCUT2D eigenvalue weighted by Gasteiger charge is 2.18. The predicted octanol–water partition coefficient (Wildman–Crippen LogP) is 26.0. The van der Waals surface area contributed by atoms with Gasteiger partial charge in [0.15, 0.2) is 0 Å². The number of hydrogen-bond donors (Lipinski definition) is 3. The van der Waals surface area contributed by atoms with Gasteiger partial charge in [0.25, 0.3) is 0 Å². The van der Waals surface area contributed by atoms with Crippen LogP contribution in [0.4, 0.5) is 0 Å². The molecule has 0 heterocycles. The number of ether oxygens (including phenoxy) is 1. The largest absolute Gasteiger partial charge is 0.466 e. The maximum Gasteiger partial charge on any atom is 0.305 e. The first-order chi connectivity index (χ1) is 42.5. The quantitative estimate of drug-likeness (QED) is 0.0320. The fourth-order valence-corrected chi connectivity index (χ4v) is 12.7. The maximum absolute atomic E-state index is 12.5. The number of amides is 1. The summed E-state index contributed by atoms with van der Waals surface area (Å²) in [6, 6.07) is -0.624. The van der Waals surface area contributed by atoms with Gasteiger partial charge in [0, 0.05) is 12.8 Å². The summed E-state index contributed by atoms with van der Waals surface area (Å²) in [5.41, 5.74) is 0. The van der Waals surface area contributed by atoms with Crippen LogP contribution < -0.4 is 5.32 Å². The van der Waals surface area contributed by atoms with Crippen molar-refractivity contribution in [1.82, 2.24) is 5.32 Å². The molecule has 0 saturated carbocycles. The lowest BCUT2D eigenvalue weighted by molar-refractivity contribution is -0.143. The molecule has 3 N–H and O–H groups in total. The van der Waals surface area contributed by atoms with Crippen LogP contribution in [0.25, 0.3) is 0 Å². The summed E-state index contributed by atoms with van der Waals surface area (Å²) in [5.74, 6) is -0.0344. The molecule has 6 heteroatoms. The Bertz CT molecular complexity index is 1350. The van der Waals surface area contributed by atoms with Gasteiger partial charge in [-0.3, -0.25) is 9.59 Å². The zero-order valence-corrected chi connectivity index (χ0v) is 58.6. The minimum absolute atomic E-state index is 0.0266. The third-order valence-electron chi connectivity index (χ3n) is 18.7. The average Bonchev–Trinajstić information content (AvgIpc) is 3.58. The molecule has 0 saturated heterocycles. The molecule has 0 aromatic heterocycles. The smallest absolute Gasteiger partial charge is 0.305 e. The Hall–Kier alpha value is -1.66. The predicted molar refractivity (Wildman–Crippen MR) is 380 cm³/mol. The number of allylic oxidation sites excluding steroid dienone is 3. The molecule has 0 radical (unpaired) electrons. The number of rotatable bonds is 75. The number of esters is 1. The van der Waals surface area contributed by atoms with E-state index in [2.05, 4.69) is 31.3 Å². The molecule has 6 nitrogen and oxygen atoms in total. The zero-order chi connectivity index (χ0) is 62.0. The normalized spacial score (nSPS) is 12.6. The second-order valence-corrected chi connectivity index (χ2v) is 27.4. The van der Waals surface area contributed by atoms with E-state index in [0.717, 1.165) is 38.5 Å². The topological polar surface area (TPSA) is 95.9 Å². The minimum atomic E-state index is -0.841. The molecule has 1 amide bonds. The van der Waals surface area contributed by atoms with Crippen molar-refractivity contribution in [3.63, 3.8) is 0 Å². The fourth-order valence-electron chi connectivity index (χ4n) is 12.7. The molecule has 0 aromatic rings. The Balaban J connectivity index is 3.31. The average molecular weight is 1210 g/mol. The van der Waals surface area contributed by atoms with Gasteiger partial charge in [-0.2, -0.15) is 0 Å². The van der Waals surface area contributed by atoms with Crippen LogP contribution in [0, 0.1) is 0 Å². The number of unbranched alkanes of at least 4 members (excludes halogenated alkanes) is 62. The van der Waals surface area contributed by atoms with E-state index in [4.69, 9.17) is 4.74 Å². The molecule has 2 atom stereocenters. The fraction of sp³-hybridized carbons (Fsp3) is 0.925. The van der Waals surface area contributed by atoms with Crippen LogP contribution in [0.5, 0.6) is 0 Å². The second kappa shape index (κ2) is 75.8. The SMILES string of the molecule is CCCCCCCCCCCCCC/C=C/C(O)C(CO)NC(=O)CCCCCCCCCCCCCCCCCCC/C=C\CCCCCCCCCCCCCCCCCCCCOC(=O)CCCCCCCCCCCCCCCCCC. The molecule has 0 aliphatic carbocycles. The van der Waals surface area contributed by atoms with Crippen molar-refractivity contribution in [3.8, 4) is 0 Å². The molecular weight excluding hydrogens is 1050 g/mol. The Kier molecular flexibility index (Phi) is 74.3. The lowest BCUT2D eigenvalue weighted by Crippen LogP contribution is -2.45. The van der Waals surface area contributed by atoms with E-state index in [1.165, 1.54) is 385 Å². The lowest BCUT2D eigenvalue weighted by atomic mass is 10.0. The third kappa shape index (κ3) is 71.4. The third-order valence-corrected chi connectivity index (χ3v) is 18.7. The van der Waals surface area contributed by atoms with Gasteiger partial charge in [0.05, 0.1) is 25.4 Å². The van der Waals surface area contributed by atoms with Gasteiger partial charge in [0.1, 0.15) is 0 Å². The summed E-state index contributed by atoms with van der Waals surface area (Å²) in [5, 5.41) is 23.2. The highest BCUT2D eigenvalue weighted by molar-refractivity contribution is 5.76. The van der Waals surface area contributed by atoms with E-state index in [0.29, 0.717) is 19.4 Å². The van der Waals surface area contributed by atoms with Crippen molar-refractivity contribution in [1.29, 1.82) is 0 Å². The van der Waals surface area contributed by atoms with Crippen LogP contribution in [-0.4, -0.2) is 47.4 Å². The van der Waals surface area contributed by atoms with Gasteiger partial charge in [0.2, 0.25) is 5.91 Å². The van der Waals surface area contributed by atoms with Gasteiger partial charge < -0.3 is 20.3 Å². The molecule has 0 bridgehead atoms. The maximum atomic E-state index is 12.5. The van der Waals surface area contributed by atoms with E-state index < -0.39 is 12.1 Å². The molecule has 0 rings (SSSR count). The summed E-state index contributed by atoms with van der Waals surface area (Å²) in [7, 11) is 0. The van der Waals surface area contributed by atoms with Crippen molar-refractivity contribution in [2.45, 2.75) is 463 Å². The first kappa shape index (κ1) is 84.3. The molecule has 0 fully saturated rings. The highest BCUT2D eigenvalue weighted by atomic mass is 16.5. The van der Waals surface area contributed by atoms with E-state index in [9.17, 15) is 19.8 Å². The number of carbonyl (C=O) groups excluding carboxylic acids is 2. The van der Waals surface area contributed by atoms with Crippen molar-refractivity contribution in [3.05, 3.63) is 24.3 Å². The van der Waals surface area contributed by atoms with Crippen molar-refractivity contribution >= 4 is 11.9 Å². The second-order valence-electron chi connectivity index (χ2n) is 27.4.